The lowest BCUT2D eigenvalue weighted by atomic mass is 10.1. The molecule has 0 atom stereocenters. The number of imidazole rings is 1. The fourth-order valence-electron chi connectivity index (χ4n) is 4.81. The highest BCUT2D eigenvalue weighted by Crippen LogP contribution is 2.24. The molecule has 2 aromatic carbocycles. The number of aromatic nitrogens is 3. The first-order valence-electron chi connectivity index (χ1n) is 12.2. The Balaban J connectivity index is 1.33. The zero-order valence-corrected chi connectivity index (χ0v) is 22.0. The lowest BCUT2D eigenvalue weighted by Gasteiger charge is -2.33. The Labute approximate surface area is 216 Å². The van der Waals surface area contributed by atoms with Crippen LogP contribution in [0.1, 0.15) is 23.9 Å². The van der Waals surface area contributed by atoms with E-state index in [4.69, 9.17) is 4.98 Å². The lowest BCUT2D eigenvalue weighted by Crippen LogP contribution is -2.48. The van der Waals surface area contributed by atoms with Gasteiger partial charge < -0.3 is 5.32 Å². The quantitative estimate of drug-likeness (QED) is 0.419. The third kappa shape index (κ3) is 5.27. The number of aryl methyl sites for hydroxylation is 2. The highest BCUT2D eigenvalue weighted by Gasteiger charge is 2.29. The molecule has 10 heteroatoms. The monoisotopic (exact) mass is 518 g/mol. The second-order valence-electron chi connectivity index (χ2n) is 9.44. The van der Waals surface area contributed by atoms with Gasteiger partial charge in [-0.2, -0.15) is 4.31 Å². The van der Waals surface area contributed by atoms with E-state index in [0.29, 0.717) is 38.4 Å². The summed E-state index contributed by atoms with van der Waals surface area (Å²) in [5.41, 5.74) is 5.58. The van der Waals surface area contributed by atoms with Crippen LogP contribution in [0.4, 0.5) is 5.69 Å². The number of fused-ring (bicyclic) bond motifs is 1. The number of hydrogen-bond acceptors (Lipinski definition) is 6. The average molecular weight is 519 g/mol. The molecule has 0 spiro atoms. The van der Waals surface area contributed by atoms with E-state index in [9.17, 15) is 13.2 Å². The normalized spacial score (nSPS) is 15.2. The Morgan fingerprint density at radius 1 is 0.973 bits per heavy atom. The number of carbonyl (C=O) groups is 1. The van der Waals surface area contributed by atoms with Crippen molar-refractivity contribution in [2.75, 3.05) is 31.5 Å². The maximum atomic E-state index is 13.2. The van der Waals surface area contributed by atoms with Gasteiger partial charge in [0.05, 0.1) is 11.4 Å². The summed E-state index contributed by atoms with van der Waals surface area (Å²) in [6.45, 7) is 8.11. The number of benzene rings is 2. The summed E-state index contributed by atoms with van der Waals surface area (Å²) in [6, 6.07) is 16.5. The van der Waals surface area contributed by atoms with Crippen LogP contribution in [0.25, 0.3) is 16.9 Å². The van der Waals surface area contributed by atoms with Crippen LogP contribution in [-0.4, -0.2) is 64.2 Å². The van der Waals surface area contributed by atoms with E-state index in [2.05, 4.69) is 51.8 Å². The van der Waals surface area contributed by atoms with Crippen LogP contribution in [0.5, 0.6) is 0 Å². The Morgan fingerprint density at radius 3 is 2.30 bits per heavy atom. The van der Waals surface area contributed by atoms with Crippen LogP contribution in [0.2, 0.25) is 0 Å². The molecule has 9 nitrogen and oxygen atoms in total. The molecule has 5 rings (SSSR count). The van der Waals surface area contributed by atoms with Gasteiger partial charge >= 0.3 is 0 Å². The first-order chi connectivity index (χ1) is 17.7. The van der Waals surface area contributed by atoms with Crippen LogP contribution in [-0.2, 0) is 21.4 Å². The number of sulfonamides is 1. The Bertz CT molecular complexity index is 1530. The van der Waals surface area contributed by atoms with Gasteiger partial charge in [0.1, 0.15) is 11.3 Å². The zero-order chi connectivity index (χ0) is 26.2. The van der Waals surface area contributed by atoms with Crippen molar-refractivity contribution < 1.29 is 13.2 Å². The number of nitrogens with one attached hydrogen (secondary N) is 1. The van der Waals surface area contributed by atoms with Crippen molar-refractivity contribution in [2.45, 2.75) is 32.2 Å². The highest BCUT2D eigenvalue weighted by atomic mass is 32.2. The summed E-state index contributed by atoms with van der Waals surface area (Å²) in [6.07, 6.45) is 1.78. The first-order valence-corrected chi connectivity index (χ1v) is 13.7. The van der Waals surface area contributed by atoms with Crippen LogP contribution >= 0.6 is 0 Å². The number of amides is 1. The molecule has 0 aliphatic carbocycles. The third-order valence-electron chi connectivity index (χ3n) is 6.46. The molecule has 192 valence electrons. The summed E-state index contributed by atoms with van der Waals surface area (Å²) in [4.78, 5) is 23.2. The molecule has 3 heterocycles. The summed E-state index contributed by atoms with van der Waals surface area (Å²) < 4.78 is 30.0. The number of pyridine rings is 1. The molecule has 0 radical (unpaired) electrons. The van der Waals surface area contributed by atoms with Crippen molar-refractivity contribution in [3.05, 3.63) is 77.7 Å². The molecule has 1 amide bonds. The average Bonchev–Trinajstić information content (AvgIpc) is 3.21. The molecule has 1 fully saturated rings. The second kappa shape index (κ2) is 10.0. The van der Waals surface area contributed by atoms with E-state index < -0.39 is 10.0 Å². The molecule has 1 saturated heterocycles. The first kappa shape index (κ1) is 25.1. The fraction of sp³-hybridized carbons (Fsp3) is 0.296. The van der Waals surface area contributed by atoms with Gasteiger partial charge in [0.25, 0.3) is 0 Å². The minimum absolute atomic E-state index is 0.200. The van der Waals surface area contributed by atoms with Crippen molar-refractivity contribution in [3.63, 3.8) is 0 Å². The topological polar surface area (TPSA) is 100 Å². The fourth-order valence-corrected chi connectivity index (χ4v) is 6.23. The summed E-state index contributed by atoms with van der Waals surface area (Å²) in [5.74, 6) is 0.678. The van der Waals surface area contributed by atoms with Gasteiger partial charge in [0.15, 0.2) is 5.65 Å². The summed E-state index contributed by atoms with van der Waals surface area (Å²) >= 11 is 0. The van der Waals surface area contributed by atoms with Gasteiger partial charge in [-0.15, -0.1) is 0 Å². The Morgan fingerprint density at radius 2 is 1.65 bits per heavy atom. The van der Waals surface area contributed by atoms with Gasteiger partial charge in [0.2, 0.25) is 15.9 Å². The summed E-state index contributed by atoms with van der Waals surface area (Å²) in [7, 11) is -3.62. The SMILES string of the molecule is CC(=O)Nc1ccc(S(=O)(=O)N2CCN(Cc3nc4cccnc4n3-c3cc(C)cc(C)c3)CC2)cc1. The zero-order valence-electron chi connectivity index (χ0n) is 21.2. The van der Waals surface area contributed by atoms with E-state index in [1.807, 2.05) is 12.1 Å². The molecule has 1 N–H and O–H groups in total. The van der Waals surface area contributed by atoms with Gasteiger partial charge in [0, 0.05) is 50.7 Å². The molecule has 4 aromatic rings. The minimum atomic E-state index is -3.62. The maximum absolute atomic E-state index is 13.2. The Hall–Kier alpha value is -3.60. The highest BCUT2D eigenvalue weighted by molar-refractivity contribution is 7.89. The van der Waals surface area contributed by atoms with Crippen LogP contribution in [0.15, 0.2) is 65.7 Å². The number of piperazine rings is 1. The standard InChI is InChI=1S/C27H30N6O3S/c1-19-15-20(2)17-23(16-19)33-26(30-25-5-4-10-28-27(25)33)18-31-11-13-32(14-12-31)37(35,36)24-8-6-22(7-9-24)29-21(3)34/h4-10,15-17H,11-14,18H2,1-3H3,(H,29,34). The largest absolute Gasteiger partial charge is 0.326 e. The van der Waals surface area contributed by atoms with Crippen LogP contribution < -0.4 is 5.32 Å². The molecule has 0 bridgehead atoms. The van der Waals surface area contributed by atoms with Crippen molar-refractivity contribution >= 4 is 32.8 Å². The second-order valence-corrected chi connectivity index (χ2v) is 11.4. The third-order valence-corrected chi connectivity index (χ3v) is 8.37. The minimum Gasteiger partial charge on any atom is -0.326 e. The van der Waals surface area contributed by atoms with E-state index in [1.165, 1.54) is 34.5 Å². The number of anilines is 1. The van der Waals surface area contributed by atoms with Crippen LogP contribution in [0, 0.1) is 13.8 Å². The molecular weight excluding hydrogens is 488 g/mol. The predicted octanol–water partition coefficient (Wildman–Crippen LogP) is 3.50. The smallest absolute Gasteiger partial charge is 0.243 e. The van der Waals surface area contributed by atoms with Gasteiger partial charge in [-0.3, -0.25) is 14.3 Å². The molecule has 1 aliphatic rings. The lowest BCUT2D eigenvalue weighted by molar-refractivity contribution is -0.114. The van der Waals surface area contributed by atoms with Gasteiger partial charge in [-0.05, 0) is 73.5 Å². The predicted molar refractivity (Wildman–Crippen MR) is 143 cm³/mol. The number of rotatable bonds is 6. The van der Waals surface area contributed by atoms with Crippen molar-refractivity contribution in [3.8, 4) is 5.69 Å². The van der Waals surface area contributed by atoms with Gasteiger partial charge in [-0.1, -0.05) is 6.07 Å². The van der Waals surface area contributed by atoms with Crippen molar-refractivity contribution in [1.29, 1.82) is 0 Å². The molecule has 2 aromatic heterocycles. The van der Waals surface area contributed by atoms with E-state index >= 15 is 0 Å². The molecule has 0 unspecified atom stereocenters. The molecule has 37 heavy (non-hydrogen) atoms. The molecule has 1 aliphatic heterocycles. The van der Waals surface area contributed by atoms with E-state index in [0.717, 1.165) is 22.7 Å². The number of nitrogens with zero attached hydrogens (tertiary/aromatic N) is 5. The molecular formula is C27H30N6O3S. The Kier molecular flexibility index (Phi) is 6.80. The summed E-state index contributed by atoms with van der Waals surface area (Å²) in [5, 5.41) is 2.66. The molecule has 0 saturated carbocycles. The number of hydrogen-bond donors (Lipinski definition) is 1. The van der Waals surface area contributed by atoms with E-state index in [1.54, 1.807) is 18.3 Å². The van der Waals surface area contributed by atoms with E-state index in [-0.39, 0.29) is 10.8 Å². The number of carbonyl (C=O) groups excluding carboxylic acids is 1. The van der Waals surface area contributed by atoms with Crippen molar-refractivity contribution in [2.24, 2.45) is 0 Å². The van der Waals surface area contributed by atoms with Crippen molar-refractivity contribution in [1.82, 2.24) is 23.7 Å². The van der Waals surface area contributed by atoms with Crippen LogP contribution in [0.3, 0.4) is 0 Å². The van der Waals surface area contributed by atoms with Gasteiger partial charge in [-0.25, -0.2) is 18.4 Å². The maximum Gasteiger partial charge on any atom is 0.243 e.